The van der Waals surface area contributed by atoms with Gasteiger partial charge < -0.3 is 10.2 Å². The Morgan fingerprint density at radius 1 is 1.35 bits per heavy atom. The van der Waals surface area contributed by atoms with Crippen molar-refractivity contribution >= 4 is 16.0 Å². The molecule has 0 saturated heterocycles. The molecule has 1 aromatic rings. The molecule has 6 nitrogen and oxygen atoms in total. The van der Waals surface area contributed by atoms with Crippen LogP contribution in [0, 0.1) is 0 Å². The van der Waals surface area contributed by atoms with Crippen LogP contribution in [0.5, 0.6) is 0 Å². The van der Waals surface area contributed by atoms with Gasteiger partial charge in [-0.3, -0.25) is 0 Å². The summed E-state index contributed by atoms with van der Waals surface area (Å²) >= 11 is 0. The van der Waals surface area contributed by atoms with Crippen LogP contribution in [-0.2, 0) is 16.4 Å². The molecule has 0 aliphatic carbocycles. The smallest absolute Gasteiger partial charge is 0.335 e. The molecule has 0 unspecified atom stereocenters. The number of aromatic carboxylic acids is 1. The zero-order valence-electron chi connectivity index (χ0n) is 11.7. The average Bonchev–Trinajstić information content (AvgIpc) is 2.36. The predicted molar refractivity (Wildman–Crippen MR) is 74.3 cm³/mol. The van der Waals surface area contributed by atoms with E-state index < -0.39 is 21.5 Å². The van der Waals surface area contributed by atoms with E-state index in [0.29, 0.717) is 12.0 Å². The van der Waals surface area contributed by atoms with Crippen molar-refractivity contribution in [3.8, 4) is 0 Å². The first kappa shape index (κ1) is 16.6. The van der Waals surface area contributed by atoms with Gasteiger partial charge >= 0.3 is 5.97 Å². The summed E-state index contributed by atoms with van der Waals surface area (Å²) in [4.78, 5) is 10.9. The Morgan fingerprint density at radius 3 is 2.40 bits per heavy atom. The molecule has 0 fully saturated rings. The van der Waals surface area contributed by atoms with E-state index in [2.05, 4.69) is 4.72 Å². The number of benzene rings is 1. The van der Waals surface area contributed by atoms with Crippen LogP contribution in [0.2, 0.25) is 0 Å². The number of hydrogen-bond acceptors (Lipinski definition) is 4. The van der Waals surface area contributed by atoms with Gasteiger partial charge in [-0.05, 0) is 38.0 Å². The van der Waals surface area contributed by atoms with E-state index in [4.69, 9.17) is 10.2 Å². The van der Waals surface area contributed by atoms with Crippen LogP contribution in [0.4, 0.5) is 0 Å². The monoisotopic (exact) mass is 301 g/mol. The number of hydrogen-bond donors (Lipinski definition) is 3. The molecular weight excluding hydrogens is 282 g/mol. The van der Waals surface area contributed by atoms with E-state index in [0.717, 1.165) is 6.07 Å². The van der Waals surface area contributed by atoms with Crippen molar-refractivity contribution in [2.75, 3.05) is 6.61 Å². The molecule has 0 atom stereocenters. The lowest BCUT2D eigenvalue weighted by Gasteiger charge is -2.24. The number of aryl methyl sites for hydroxylation is 1. The number of rotatable bonds is 6. The molecule has 0 saturated carbocycles. The number of aliphatic hydroxyl groups excluding tert-OH is 1. The zero-order chi connectivity index (χ0) is 15.6. The van der Waals surface area contributed by atoms with Gasteiger partial charge in [0, 0.05) is 0 Å². The maximum Gasteiger partial charge on any atom is 0.335 e. The molecule has 20 heavy (non-hydrogen) atoms. The van der Waals surface area contributed by atoms with Crippen molar-refractivity contribution in [1.29, 1.82) is 0 Å². The van der Waals surface area contributed by atoms with E-state index in [1.165, 1.54) is 26.0 Å². The molecule has 1 rings (SSSR count). The number of sulfonamides is 1. The Kier molecular flexibility index (Phi) is 4.90. The van der Waals surface area contributed by atoms with Gasteiger partial charge in [0.05, 0.1) is 22.6 Å². The van der Waals surface area contributed by atoms with Crippen LogP contribution >= 0.6 is 0 Å². The normalized spacial score (nSPS) is 12.4. The zero-order valence-corrected chi connectivity index (χ0v) is 12.5. The molecule has 112 valence electrons. The summed E-state index contributed by atoms with van der Waals surface area (Å²) in [5, 5.41) is 18.1. The first-order valence-electron chi connectivity index (χ1n) is 6.14. The fourth-order valence-corrected chi connectivity index (χ4v) is 3.42. The summed E-state index contributed by atoms with van der Waals surface area (Å²) in [6.45, 7) is 4.49. The summed E-state index contributed by atoms with van der Waals surface area (Å²) in [6.07, 6.45) is 0.454. The van der Waals surface area contributed by atoms with Gasteiger partial charge in [-0.25, -0.2) is 17.9 Å². The van der Waals surface area contributed by atoms with Gasteiger partial charge in [0.1, 0.15) is 0 Å². The van der Waals surface area contributed by atoms with Gasteiger partial charge in [0.25, 0.3) is 0 Å². The highest BCUT2D eigenvalue weighted by Crippen LogP contribution is 2.20. The van der Waals surface area contributed by atoms with Crippen molar-refractivity contribution < 1.29 is 23.4 Å². The molecule has 0 radical (unpaired) electrons. The van der Waals surface area contributed by atoms with Crippen LogP contribution in [0.25, 0.3) is 0 Å². The van der Waals surface area contributed by atoms with Crippen molar-refractivity contribution in [3.05, 3.63) is 29.3 Å². The van der Waals surface area contributed by atoms with Crippen molar-refractivity contribution in [2.24, 2.45) is 0 Å². The fourth-order valence-electron chi connectivity index (χ4n) is 1.68. The van der Waals surface area contributed by atoms with Crippen LogP contribution in [0.15, 0.2) is 23.1 Å². The maximum absolute atomic E-state index is 12.3. The quantitative estimate of drug-likeness (QED) is 0.727. The topological polar surface area (TPSA) is 104 Å². The van der Waals surface area contributed by atoms with E-state index in [1.807, 2.05) is 0 Å². The first-order valence-corrected chi connectivity index (χ1v) is 7.62. The minimum absolute atomic E-state index is 0.0681. The summed E-state index contributed by atoms with van der Waals surface area (Å²) in [7, 11) is -3.90. The molecule has 0 bridgehead atoms. The van der Waals surface area contributed by atoms with E-state index in [9.17, 15) is 13.2 Å². The highest BCUT2D eigenvalue weighted by molar-refractivity contribution is 7.89. The number of aliphatic hydroxyl groups is 1. The summed E-state index contributed by atoms with van der Waals surface area (Å²) in [5.74, 6) is -1.19. The van der Waals surface area contributed by atoms with Crippen LogP contribution < -0.4 is 4.72 Å². The molecule has 0 aliphatic rings. The minimum Gasteiger partial charge on any atom is -0.478 e. The first-order chi connectivity index (χ1) is 9.13. The third-order valence-corrected chi connectivity index (χ3v) is 4.57. The molecule has 0 aromatic heterocycles. The lowest BCUT2D eigenvalue weighted by Crippen LogP contribution is -2.46. The Balaban J connectivity index is 3.36. The highest BCUT2D eigenvalue weighted by atomic mass is 32.2. The third kappa shape index (κ3) is 3.78. The van der Waals surface area contributed by atoms with Crippen LogP contribution in [-0.4, -0.2) is 36.7 Å². The van der Waals surface area contributed by atoms with Gasteiger partial charge in [-0.2, -0.15) is 0 Å². The van der Waals surface area contributed by atoms with Crippen LogP contribution in [0.1, 0.15) is 36.7 Å². The largest absolute Gasteiger partial charge is 0.478 e. The Bertz CT molecular complexity index is 607. The molecule has 1 aromatic carbocycles. The highest BCUT2D eigenvalue weighted by Gasteiger charge is 2.27. The second kappa shape index (κ2) is 5.90. The number of nitrogens with one attached hydrogen (secondary N) is 1. The van der Waals surface area contributed by atoms with Crippen molar-refractivity contribution in [2.45, 2.75) is 37.6 Å². The Labute approximate surface area is 118 Å². The third-order valence-electron chi connectivity index (χ3n) is 2.79. The SMILES string of the molecule is CCc1ccc(C(=O)O)cc1S(=O)(=O)NC(C)(C)CO. The van der Waals surface area contributed by atoms with E-state index in [-0.39, 0.29) is 17.1 Å². The standard InChI is InChI=1S/C13H19NO5S/c1-4-9-5-6-10(12(16)17)7-11(9)20(18,19)14-13(2,3)8-15/h5-7,14-15H,4,8H2,1-3H3,(H,16,17). The second-order valence-corrected chi connectivity index (χ2v) is 6.78. The number of carbonyl (C=O) groups is 1. The lowest BCUT2D eigenvalue weighted by atomic mass is 10.1. The van der Waals surface area contributed by atoms with Gasteiger partial charge in [-0.15, -0.1) is 0 Å². The van der Waals surface area contributed by atoms with Gasteiger partial charge in [0.2, 0.25) is 10.0 Å². The van der Waals surface area contributed by atoms with Crippen molar-refractivity contribution in [3.63, 3.8) is 0 Å². The van der Waals surface area contributed by atoms with E-state index in [1.54, 1.807) is 6.92 Å². The summed E-state index contributed by atoms with van der Waals surface area (Å²) in [5.41, 5.74) is -0.594. The predicted octanol–water partition coefficient (Wildman–Crippen LogP) is 0.996. The summed E-state index contributed by atoms with van der Waals surface area (Å²) < 4.78 is 27.1. The molecule has 0 amide bonds. The van der Waals surface area contributed by atoms with Crippen LogP contribution in [0.3, 0.4) is 0 Å². The molecule has 3 N–H and O–H groups in total. The minimum atomic E-state index is -3.90. The molecule has 0 spiro atoms. The van der Waals surface area contributed by atoms with Gasteiger partial charge in [0.15, 0.2) is 0 Å². The van der Waals surface area contributed by atoms with Gasteiger partial charge in [-0.1, -0.05) is 13.0 Å². The number of carboxylic acid groups (broad SMARTS) is 1. The fraction of sp³-hybridized carbons (Fsp3) is 0.462. The van der Waals surface area contributed by atoms with Crippen molar-refractivity contribution in [1.82, 2.24) is 4.72 Å². The number of carboxylic acids is 1. The molecule has 0 heterocycles. The Morgan fingerprint density at radius 2 is 1.95 bits per heavy atom. The van der Waals surface area contributed by atoms with E-state index >= 15 is 0 Å². The lowest BCUT2D eigenvalue weighted by molar-refractivity contribution is 0.0696. The second-order valence-electron chi connectivity index (χ2n) is 5.13. The average molecular weight is 301 g/mol. The maximum atomic E-state index is 12.3. The molecule has 7 heteroatoms. The molecule has 0 aliphatic heterocycles. The summed E-state index contributed by atoms with van der Waals surface area (Å²) in [6, 6.07) is 4.00. The Hall–Kier alpha value is -1.44. The molecular formula is C13H19NO5S.